The molecule has 1 unspecified atom stereocenters. The Morgan fingerprint density at radius 1 is 1.19 bits per heavy atom. The molecule has 112 valence electrons. The molecular formula is C15H19N3O2S. The quantitative estimate of drug-likeness (QED) is 0.769. The van der Waals surface area contributed by atoms with Gasteiger partial charge in [-0.15, -0.1) is 0 Å². The maximum Gasteiger partial charge on any atom is 0.178 e. The molecule has 21 heavy (non-hydrogen) atoms. The van der Waals surface area contributed by atoms with Crippen LogP contribution in [0.25, 0.3) is 0 Å². The fraction of sp³-hybridized carbons (Fsp3) is 0.533. The van der Waals surface area contributed by atoms with Crippen molar-refractivity contribution in [3.05, 3.63) is 29.8 Å². The summed E-state index contributed by atoms with van der Waals surface area (Å²) in [5.41, 5.74) is -0.147. The summed E-state index contributed by atoms with van der Waals surface area (Å²) in [7, 11) is -1.20. The highest BCUT2D eigenvalue weighted by atomic mass is 32.2. The number of hydrogen-bond acceptors (Lipinski definition) is 5. The molecule has 1 atom stereocenters. The molecule has 6 heteroatoms. The van der Waals surface area contributed by atoms with Gasteiger partial charge in [0.1, 0.15) is 5.54 Å². The molecule has 0 aliphatic carbocycles. The fourth-order valence-electron chi connectivity index (χ4n) is 3.31. The second kappa shape index (κ2) is 5.09. The van der Waals surface area contributed by atoms with Crippen molar-refractivity contribution in [1.29, 1.82) is 5.26 Å². The lowest BCUT2D eigenvalue weighted by Crippen LogP contribution is -2.56. The lowest BCUT2D eigenvalue weighted by atomic mass is 9.85. The van der Waals surface area contributed by atoms with E-state index in [-0.39, 0.29) is 5.75 Å². The van der Waals surface area contributed by atoms with Crippen LogP contribution in [0.15, 0.2) is 29.2 Å². The van der Waals surface area contributed by atoms with Crippen molar-refractivity contribution in [2.75, 3.05) is 39.0 Å². The van der Waals surface area contributed by atoms with Crippen LogP contribution in [0.4, 0.5) is 0 Å². The summed E-state index contributed by atoms with van der Waals surface area (Å²) in [4.78, 5) is 4.71. The monoisotopic (exact) mass is 305 g/mol. The van der Waals surface area contributed by atoms with Gasteiger partial charge in [0.05, 0.1) is 16.7 Å². The van der Waals surface area contributed by atoms with Gasteiger partial charge in [-0.05, 0) is 19.5 Å². The van der Waals surface area contributed by atoms with Gasteiger partial charge in [0.2, 0.25) is 0 Å². The van der Waals surface area contributed by atoms with E-state index in [0.717, 1.165) is 26.2 Å². The van der Waals surface area contributed by atoms with Crippen LogP contribution < -0.4 is 0 Å². The number of piperazine rings is 1. The second-order valence-corrected chi connectivity index (χ2v) is 7.91. The average Bonchev–Trinajstić information content (AvgIpc) is 2.50. The third-order valence-corrected chi connectivity index (χ3v) is 6.40. The lowest BCUT2D eigenvalue weighted by Gasteiger charge is -2.45. The van der Waals surface area contributed by atoms with Crippen molar-refractivity contribution < 1.29 is 8.42 Å². The van der Waals surface area contributed by atoms with Crippen LogP contribution in [0, 0.1) is 11.3 Å². The molecule has 0 saturated carbocycles. The summed E-state index contributed by atoms with van der Waals surface area (Å²) in [6.07, 6.45) is 0.354. The molecule has 0 N–H and O–H groups in total. The van der Waals surface area contributed by atoms with Crippen molar-refractivity contribution in [3.8, 4) is 6.07 Å². The minimum absolute atomic E-state index is 0.0455. The van der Waals surface area contributed by atoms with E-state index in [1.165, 1.54) is 0 Å². The maximum absolute atomic E-state index is 12.3. The van der Waals surface area contributed by atoms with Gasteiger partial charge in [-0.2, -0.15) is 5.26 Å². The molecule has 3 rings (SSSR count). The van der Waals surface area contributed by atoms with Crippen molar-refractivity contribution >= 4 is 9.84 Å². The van der Waals surface area contributed by atoms with E-state index in [0.29, 0.717) is 16.9 Å². The molecule has 0 aromatic heterocycles. The molecule has 1 aromatic carbocycles. The zero-order chi connectivity index (χ0) is 15.1. The highest BCUT2D eigenvalue weighted by Gasteiger charge is 2.47. The van der Waals surface area contributed by atoms with Crippen molar-refractivity contribution in [2.24, 2.45) is 0 Å². The van der Waals surface area contributed by atoms with Gasteiger partial charge in [0.15, 0.2) is 9.84 Å². The number of nitrogens with zero attached hydrogens (tertiary/aromatic N) is 3. The number of hydrogen-bond donors (Lipinski definition) is 0. The largest absolute Gasteiger partial charge is 0.304 e. The Morgan fingerprint density at radius 3 is 2.52 bits per heavy atom. The number of sulfone groups is 1. The summed E-state index contributed by atoms with van der Waals surface area (Å²) in [6.45, 7) is 3.38. The van der Waals surface area contributed by atoms with E-state index >= 15 is 0 Å². The molecule has 2 aliphatic rings. The molecule has 0 spiro atoms. The van der Waals surface area contributed by atoms with Crippen LogP contribution in [-0.4, -0.2) is 57.2 Å². The van der Waals surface area contributed by atoms with Crippen LogP contribution in [-0.2, 0) is 15.4 Å². The Labute approximate surface area is 125 Å². The number of nitriles is 1. The summed E-state index contributed by atoms with van der Waals surface area (Å²) < 4.78 is 24.6. The normalized spacial score (nSPS) is 29.5. The summed E-state index contributed by atoms with van der Waals surface area (Å²) in [5.74, 6) is 0.0455. The predicted molar refractivity (Wildman–Crippen MR) is 79.5 cm³/mol. The van der Waals surface area contributed by atoms with Gasteiger partial charge in [-0.1, -0.05) is 18.2 Å². The third-order valence-electron chi connectivity index (χ3n) is 4.63. The maximum atomic E-state index is 12.3. The van der Waals surface area contributed by atoms with Crippen LogP contribution in [0.1, 0.15) is 12.0 Å². The number of fused-ring (bicyclic) bond motifs is 1. The van der Waals surface area contributed by atoms with Gasteiger partial charge in [0, 0.05) is 31.7 Å². The van der Waals surface area contributed by atoms with E-state index in [4.69, 9.17) is 0 Å². The zero-order valence-corrected chi connectivity index (χ0v) is 12.9. The van der Waals surface area contributed by atoms with Crippen LogP contribution in [0.2, 0.25) is 0 Å². The molecule has 0 bridgehead atoms. The first-order valence-electron chi connectivity index (χ1n) is 7.17. The second-order valence-electron chi connectivity index (χ2n) is 5.83. The Bertz CT molecular complexity index is 687. The summed E-state index contributed by atoms with van der Waals surface area (Å²) in [5, 5.41) is 9.88. The molecule has 1 fully saturated rings. The van der Waals surface area contributed by atoms with Crippen molar-refractivity contribution in [3.63, 3.8) is 0 Å². The van der Waals surface area contributed by atoms with E-state index < -0.39 is 15.4 Å². The predicted octanol–water partition coefficient (Wildman–Crippen LogP) is 0.830. The first kappa shape index (κ1) is 14.5. The average molecular weight is 305 g/mol. The molecule has 1 aromatic rings. The lowest BCUT2D eigenvalue weighted by molar-refractivity contribution is 0.0667. The Hall–Kier alpha value is -1.42. The molecule has 0 radical (unpaired) electrons. The van der Waals surface area contributed by atoms with Crippen molar-refractivity contribution in [2.45, 2.75) is 16.9 Å². The van der Waals surface area contributed by atoms with E-state index in [1.807, 2.05) is 6.07 Å². The minimum atomic E-state index is -3.26. The SMILES string of the molecule is CN1CCN(C2(C#N)CCS(=O)(=O)c3ccccc32)CC1. The first-order valence-corrected chi connectivity index (χ1v) is 8.82. The molecule has 2 aliphatic heterocycles. The molecule has 1 saturated heterocycles. The van der Waals surface area contributed by atoms with Gasteiger partial charge >= 0.3 is 0 Å². The topological polar surface area (TPSA) is 64.4 Å². The van der Waals surface area contributed by atoms with Crippen LogP contribution >= 0.6 is 0 Å². The van der Waals surface area contributed by atoms with E-state index in [2.05, 4.69) is 22.9 Å². The number of rotatable bonds is 1. The van der Waals surface area contributed by atoms with Crippen LogP contribution in [0.5, 0.6) is 0 Å². The van der Waals surface area contributed by atoms with Gasteiger partial charge in [0.25, 0.3) is 0 Å². The fourth-order valence-corrected chi connectivity index (χ4v) is 4.95. The molecule has 0 amide bonds. The summed E-state index contributed by atoms with van der Waals surface area (Å²) in [6, 6.07) is 9.42. The standard InChI is InChI=1S/C15H19N3O2S/c1-17-7-9-18(10-8-17)15(12-16)6-11-21(19,20)14-5-3-2-4-13(14)15/h2-5H,6-11H2,1H3. The molecule has 5 nitrogen and oxygen atoms in total. The van der Waals surface area contributed by atoms with Gasteiger partial charge < -0.3 is 4.90 Å². The van der Waals surface area contributed by atoms with Crippen molar-refractivity contribution in [1.82, 2.24) is 9.80 Å². The minimum Gasteiger partial charge on any atom is -0.304 e. The number of likely N-dealkylation sites (N-methyl/N-ethyl adjacent to an activating group) is 1. The third kappa shape index (κ3) is 2.26. The Kier molecular flexibility index (Phi) is 3.52. The smallest absolute Gasteiger partial charge is 0.178 e. The Balaban J connectivity index is 2.10. The Morgan fingerprint density at radius 2 is 1.86 bits per heavy atom. The molecule has 2 heterocycles. The zero-order valence-electron chi connectivity index (χ0n) is 12.1. The highest BCUT2D eigenvalue weighted by Crippen LogP contribution is 2.41. The first-order chi connectivity index (χ1) is 9.99. The molecular weight excluding hydrogens is 286 g/mol. The van der Waals surface area contributed by atoms with E-state index in [1.54, 1.807) is 18.2 Å². The van der Waals surface area contributed by atoms with E-state index in [9.17, 15) is 13.7 Å². The van der Waals surface area contributed by atoms with Gasteiger partial charge in [-0.3, -0.25) is 4.90 Å². The summed E-state index contributed by atoms with van der Waals surface area (Å²) >= 11 is 0. The number of benzene rings is 1. The van der Waals surface area contributed by atoms with Crippen LogP contribution in [0.3, 0.4) is 0 Å². The highest BCUT2D eigenvalue weighted by molar-refractivity contribution is 7.91. The van der Waals surface area contributed by atoms with Gasteiger partial charge in [-0.25, -0.2) is 8.42 Å².